The standard InChI is InChI=1S/C15H11BrN4OS/c16-11-6-4-10(5-7-11)13(21)9-22-15-18-14(19-20-15)12-3-1-2-8-17-12/h1-8H,9H2,(H,18,19,20). The van der Waals surface area contributed by atoms with Gasteiger partial charge in [0.15, 0.2) is 11.6 Å². The van der Waals surface area contributed by atoms with E-state index in [4.69, 9.17) is 0 Å². The van der Waals surface area contributed by atoms with Gasteiger partial charge in [0.2, 0.25) is 5.16 Å². The molecule has 0 radical (unpaired) electrons. The van der Waals surface area contributed by atoms with Crippen molar-refractivity contribution in [3.63, 3.8) is 0 Å². The van der Waals surface area contributed by atoms with Crippen molar-refractivity contribution in [2.75, 3.05) is 5.75 Å². The number of thioether (sulfide) groups is 1. The molecular weight excluding hydrogens is 364 g/mol. The van der Waals surface area contributed by atoms with Gasteiger partial charge in [-0.3, -0.25) is 14.9 Å². The van der Waals surface area contributed by atoms with Crippen LogP contribution in [0.4, 0.5) is 0 Å². The number of halogens is 1. The Morgan fingerprint density at radius 2 is 2.00 bits per heavy atom. The van der Waals surface area contributed by atoms with Crippen molar-refractivity contribution in [1.29, 1.82) is 0 Å². The molecule has 0 amide bonds. The van der Waals surface area contributed by atoms with Gasteiger partial charge in [-0.1, -0.05) is 45.9 Å². The minimum absolute atomic E-state index is 0.0432. The fraction of sp³-hybridized carbons (Fsp3) is 0.0667. The molecule has 0 saturated carbocycles. The number of hydrogen-bond donors (Lipinski definition) is 1. The second kappa shape index (κ2) is 6.85. The second-order valence-electron chi connectivity index (χ2n) is 4.40. The Balaban J connectivity index is 1.64. The summed E-state index contributed by atoms with van der Waals surface area (Å²) in [6.45, 7) is 0. The van der Waals surface area contributed by atoms with Gasteiger partial charge in [0.25, 0.3) is 0 Å². The molecule has 1 aromatic carbocycles. The third-order valence-corrected chi connectivity index (χ3v) is 4.25. The number of carbonyl (C=O) groups excluding carboxylic acids is 1. The number of aromatic nitrogens is 4. The number of H-pyrrole nitrogens is 1. The number of nitrogens with one attached hydrogen (secondary N) is 1. The van der Waals surface area contributed by atoms with E-state index >= 15 is 0 Å². The Morgan fingerprint density at radius 1 is 1.18 bits per heavy atom. The second-order valence-corrected chi connectivity index (χ2v) is 6.26. The summed E-state index contributed by atoms with van der Waals surface area (Å²) in [4.78, 5) is 20.6. The van der Waals surface area contributed by atoms with E-state index < -0.39 is 0 Å². The number of benzene rings is 1. The van der Waals surface area contributed by atoms with Gasteiger partial charge in [-0.15, -0.1) is 5.10 Å². The van der Waals surface area contributed by atoms with Crippen molar-refractivity contribution in [3.05, 3.63) is 58.7 Å². The maximum atomic E-state index is 12.1. The van der Waals surface area contributed by atoms with E-state index in [2.05, 4.69) is 36.1 Å². The first-order valence-corrected chi connectivity index (χ1v) is 8.25. The van der Waals surface area contributed by atoms with Gasteiger partial charge in [-0.25, -0.2) is 0 Å². The van der Waals surface area contributed by atoms with E-state index in [0.717, 1.165) is 10.2 Å². The highest BCUT2D eigenvalue weighted by molar-refractivity contribution is 9.10. The van der Waals surface area contributed by atoms with E-state index in [1.165, 1.54) is 11.8 Å². The molecule has 0 spiro atoms. The monoisotopic (exact) mass is 374 g/mol. The summed E-state index contributed by atoms with van der Waals surface area (Å²) < 4.78 is 0.950. The average molecular weight is 375 g/mol. The normalized spacial score (nSPS) is 10.6. The molecule has 0 aliphatic heterocycles. The van der Waals surface area contributed by atoms with Gasteiger partial charge < -0.3 is 0 Å². The molecule has 0 atom stereocenters. The summed E-state index contributed by atoms with van der Waals surface area (Å²) in [7, 11) is 0. The van der Waals surface area contributed by atoms with Gasteiger partial charge in [-0.2, -0.15) is 4.98 Å². The molecule has 0 aliphatic carbocycles. The van der Waals surface area contributed by atoms with Crippen molar-refractivity contribution in [1.82, 2.24) is 20.2 Å². The van der Waals surface area contributed by atoms with Crippen LogP contribution in [0.3, 0.4) is 0 Å². The minimum Gasteiger partial charge on any atom is -0.293 e. The maximum absolute atomic E-state index is 12.1. The first-order chi connectivity index (χ1) is 10.7. The molecule has 110 valence electrons. The van der Waals surface area contributed by atoms with Crippen molar-refractivity contribution in [2.45, 2.75) is 5.16 Å². The van der Waals surface area contributed by atoms with E-state index in [0.29, 0.717) is 22.3 Å². The van der Waals surface area contributed by atoms with E-state index in [1.54, 1.807) is 18.3 Å². The molecule has 0 aliphatic rings. The third kappa shape index (κ3) is 3.61. The Bertz CT molecular complexity index is 774. The molecule has 0 saturated heterocycles. The highest BCUT2D eigenvalue weighted by Crippen LogP contribution is 2.19. The first-order valence-electron chi connectivity index (χ1n) is 6.48. The molecule has 22 heavy (non-hydrogen) atoms. The van der Waals surface area contributed by atoms with E-state index in [-0.39, 0.29) is 5.78 Å². The Hall–Kier alpha value is -1.99. The lowest BCUT2D eigenvalue weighted by molar-refractivity contribution is 0.102. The summed E-state index contributed by atoms with van der Waals surface area (Å²) in [5, 5.41) is 7.46. The topological polar surface area (TPSA) is 71.5 Å². The fourth-order valence-corrected chi connectivity index (χ4v) is 2.73. The number of nitrogens with zero attached hydrogens (tertiary/aromatic N) is 3. The van der Waals surface area contributed by atoms with E-state index in [9.17, 15) is 4.79 Å². The third-order valence-electron chi connectivity index (χ3n) is 2.87. The van der Waals surface area contributed by atoms with Crippen LogP contribution in [-0.4, -0.2) is 31.7 Å². The van der Waals surface area contributed by atoms with Gasteiger partial charge in [0, 0.05) is 16.2 Å². The van der Waals surface area contributed by atoms with Crippen LogP contribution in [0.25, 0.3) is 11.5 Å². The predicted octanol–water partition coefficient (Wildman–Crippen LogP) is 3.60. The zero-order valence-electron chi connectivity index (χ0n) is 11.4. The van der Waals surface area contributed by atoms with Crippen molar-refractivity contribution >= 4 is 33.5 Å². The number of ketones is 1. The SMILES string of the molecule is O=C(CSc1n[nH]c(-c2ccccn2)n1)c1ccc(Br)cc1. The van der Waals surface area contributed by atoms with Gasteiger partial charge in [0.1, 0.15) is 5.69 Å². The maximum Gasteiger partial charge on any atom is 0.209 e. The lowest BCUT2D eigenvalue weighted by atomic mass is 10.2. The Kier molecular flexibility index (Phi) is 4.65. The number of carbonyl (C=O) groups is 1. The largest absolute Gasteiger partial charge is 0.293 e. The van der Waals surface area contributed by atoms with Crippen LogP contribution in [-0.2, 0) is 0 Å². The molecule has 2 aromatic heterocycles. The summed E-state index contributed by atoms with van der Waals surface area (Å²) in [5.74, 6) is 0.933. The molecule has 3 rings (SSSR count). The zero-order valence-corrected chi connectivity index (χ0v) is 13.8. The summed E-state index contributed by atoms with van der Waals surface area (Å²) in [6, 6.07) is 12.9. The molecule has 3 aromatic rings. The molecular formula is C15H11BrN4OS. The first kappa shape index (κ1) is 14.9. The zero-order chi connectivity index (χ0) is 15.4. The molecule has 0 unspecified atom stereocenters. The van der Waals surface area contributed by atoms with Crippen LogP contribution in [0.5, 0.6) is 0 Å². The Labute approximate surface area is 139 Å². The molecule has 5 nitrogen and oxygen atoms in total. The van der Waals surface area contributed by atoms with E-state index in [1.807, 2.05) is 30.3 Å². The van der Waals surface area contributed by atoms with Crippen LogP contribution in [0.2, 0.25) is 0 Å². The highest BCUT2D eigenvalue weighted by Gasteiger charge is 2.11. The number of rotatable bonds is 5. The fourth-order valence-electron chi connectivity index (χ4n) is 1.78. The molecule has 2 heterocycles. The summed E-state index contributed by atoms with van der Waals surface area (Å²) in [5.41, 5.74) is 1.40. The Morgan fingerprint density at radius 3 is 2.73 bits per heavy atom. The van der Waals surface area contributed by atoms with Gasteiger partial charge in [0.05, 0.1) is 5.75 Å². The summed E-state index contributed by atoms with van der Waals surface area (Å²) in [6.07, 6.45) is 1.70. The van der Waals surface area contributed by atoms with Crippen LogP contribution in [0, 0.1) is 0 Å². The summed E-state index contributed by atoms with van der Waals surface area (Å²) >= 11 is 4.65. The number of pyridine rings is 1. The van der Waals surface area contributed by atoms with Crippen LogP contribution in [0.1, 0.15) is 10.4 Å². The lowest BCUT2D eigenvalue weighted by Crippen LogP contribution is -2.02. The minimum atomic E-state index is 0.0432. The molecule has 0 bridgehead atoms. The van der Waals surface area contributed by atoms with Crippen LogP contribution in [0.15, 0.2) is 58.3 Å². The molecule has 0 fully saturated rings. The number of aromatic amines is 1. The quantitative estimate of drug-likeness (QED) is 0.545. The lowest BCUT2D eigenvalue weighted by Gasteiger charge is -1.99. The average Bonchev–Trinajstić information content (AvgIpc) is 3.03. The van der Waals surface area contributed by atoms with Gasteiger partial charge in [-0.05, 0) is 24.3 Å². The highest BCUT2D eigenvalue weighted by atomic mass is 79.9. The smallest absolute Gasteiger partial charge is 0.209 e. The predicted molar refractivity (Wildman–Crippen MR) is 88.8 cm³/mol. The number of Topliss-reactive ketones (excluding diaryl/α,β-unsaturated/α-hetero) is 1. The van der Waals surface area contributed by atoms with Crippen molar-refractivity contribution in [3.8, 4) is 11.5 Å². The van der Waals surface area contributed by atoms with Crippen molar-refractivity contribution < 1.29 is 4.79 Å². The molecule has 1 N–H and O–H groups in total. The number of hydrogen-bond acceptors (Lipinski definition) is 5. The van der Waals surface area contributed by atoms with Crippen molar-refractivity contribution in [2.24, 2.45) is 0 Å². The van der Waals surface area contributed by atoms with Gasteiger partial charge >= 0.3 is 0 Å². The van der Waals surface area contributed by atoms with Crippen LogP contribution >= 0.6 is 27.7 Å². The molecule has 7 heteroatoms. The van der Waals surface area contributed by atoms with Crippen LogP contribution < -0.4 is 0 Å².